The summed E-state index contributed by atoms with van der Waals surface area (Å²) in [5, 5.41) is 0.735. The molecule has 1 heterocycles. The normalized spacial score (nSPS) is 16.4. The summed E-state index contributed by atoms with van der Waals surface area (Å²) in [6.45, 7) is 4.71. The van der Waals surface area contributed by atoms with Gasteiger partial charge in [0, 0.05) is 18.4 Å². The molecule has 0 spiro atoms. The van der Waals surface area contributed by atoms with Gasteiger partial charge in [0.05, 0.1) is 5.69 Å². The van der Waals surface area contributed by atoms with Crippen LogP contribution in [-0.4, -0.2) is 28.3 Å². The highest BCUT2D eigenvalue weighted by Gasteiger charge is 2.22. The predicted molar refractivity (Wildman–Crippen MR) is 107 cm³/mol. The van der Waals surface area contributed by atoms with E-state index in [2.05, 4.69) is 6.07 Å². The Balaban J connectivity index is 1.82. The number of thioether (sulfide) groups is 1. The second-order valence-electron chi connectivity index (χ2n) is 6.26. The second kappa shape index (κ2) is 8.32. The summed E-state index contributed by atoms with van der Waals surface area (Å²) in [7, 11) is 0. The molecule has 26 heavy (non-hydrogen) atoms. The molecular weight excluding hydrogens is 347 g/mol. The highest BCUT2D eigenvalue weighted by Crippen LogP contribution is 2.26. The maximum absolute atomic E-state index is 13.0. The molecule has 0 bridgehead atoms. The lowest BCUT2D eigenvalue weighted by atomic mass is 10.1. The molecule has 1 aliphatic rings. The standard InChI is InChI=1S/C21H21FN2OS/c1-15-4-5-16(2)19(14-15)23-21-24(12-3-13-26-21)20(25)11-8-17-6-9-18(22)10-7-17/h4-11,14H,3,12-13H2,1-2H3/b11-8+,23-21?. The summed E-state index contributed by atoms with van der Waals surface area (Å²) >= 11 is 1.60. The first-order valence-electron chi connectivity index (χ1n) is 8.57. The Morgan fingerprint density at radius 2 is 1.96 bits per heavy atom. The number of amides is 1. The number of aliphatic imine (C=N–C) groups is 1. The van der Waals surface area contributed by atoms with Crippen LogP contribution in [0.1, 0.15) is 23.1 Å². The van der Waals surface area contributed by atoms with E-state index in [1.165, 1.54) is 18.2 Å². The van der Waals surface area contributed by atoms with Gasteiger partial charge in [0.2, 0.25) is 0 Å². The van der Waals surface area contributed by atoms with Gasteiger partial charge in [0.1, 0.15) is 5.82 Å². The van der Waals surface area contributed by atoms with E-state index in [-0.39, 0.29) is 11.7 Å². The minimum atomic E-state index is -0.288. The molecule has 1 aliphatic heterocycles. The fourth-order valence-electron chi connectivity index (χ4n) is 2.63. The molecule has 0 atom stereocenters. The lowest BCUT2D eigenvalue weighted by molar-refractivity contribution is -0.122. The van der Waals surface area contributed by atoms with Gasteiger partial charge < -0.3 is 0 Å². The van der Waals surface area contributed by atoms with E-state index in [0.717, 1.165) is 39.7 Å². The topological polar surface area (TPSA) is 32.7 Å². The fraction of sp³-hybridized carbons (Fsp3) is 0.238. The summed E-state index contributed by atoms with van der Waals surface area (Å²) in [6.07, 6.45) is 4.17. The van der Waals surface area contributed by atoms with Crippen molar-refractivity contribution in [3.8, 4) is 0 Å². The number of nitrogens with zero attached hydrogens (tertiary/aromatic N) is 2. The lowest BCUT2D eigenvalue weighted by Gasteiger charge is -2.27. The van der Waals surface area contributed by atoms with Gasteiger partial charge in [-0.15, -0.1) is 0 Å². The molecule has 0 N–H and O–H groups in total. The van der Waals surface area contributed by atoms with Gasteiger partial charge in [-0.05, 0) is 61.2 Å². The number of aryl methyl sites for hydroxylation is 2. The van der Waals surface area contributed by atoms with Crippen molar-refractivity contribution >= 4 is 34.6 Å². The van der Waals surface area contributed by atoms with Gasteiger partial charge in [0.15, 0.2) is 5.17 Å². The van der Waals surface area contributed by atoms with Crippen LogP contribution in [0.5, 0.6) is 0 Å². The summed E-state index contributed by atoms with van der Waals surface area (Å²) in [5.74, 6) is 0.559. The molecule has 3 rings (SSSR count). The first-order chi connectivity index (χ1) is 12.5. The molecule has 0 aromatic heterocycles. The van der Waals surface area contributed by atoms with Crippen LogP contribution in [0.3, 0.4) is 0 Å². The Morgan fingerprint density at radius 3 is 2.73 bits per heavy atom. The van der Waals surface area contributed by atoms with E-state index in [1.54, 1.807) is 34.9 Å². The zero-order chi connectivity index (χ0) is 18.5. The summed E-state index contributed by atoms with van der Waals surface area (Å²) in [4.78, 5) is 19.1. The summed E-state index contributed by atoms with van der Waals surface area (Å²) < 4.78 is 13.0. The van der Waals surface area contributed by atoms with Gasteiger partial charge in [-0.2, -0.15) is 0 Å². The van der Waals surface area contributed by atoms with Crippen LogP contribution in [0.25, 0.3) is 6.08 Å². The second-order valence-corrected chi connectivity index (χ2v) is 7.32. The van der Waals surface area contributed by atoms with Crippen LogP contribution in [-0.2, 0) is 4.79 Å². The van der Waals surface area contributed by atoms with Crippen molar-refractivity contribution in [3.63, 3.8) is 0 Å². The largest absolute Gasteiger partial charge is 0.288 e. The van der Waals surface area contributed by atoms with Gasteiger partial charge >= 0.3 is 0 Å². The Bertz CT molecular complexity index is 859. The molecular formula is C21H21FN2OS. The van der Waals surface area contributed by atoms with Crippen LogP contribution in [0.15, 0.2) is 53.5 Å². The van der Waals surface area contributed by atoms with Crippen LogP contribution in [0, 0.1) is 19.7 Å². The van der Waals surface area contributed by atoms with Crippen molar-refractivity contribution < 1.29 is 9.18 Å². The summed E-state index contributed by atoms with van der Waals surface area (Å²) in [5.41, 5.74) is 3.92. The molecule has 0 saturated carbocycles. The maximum Gasteiger partial charge on any atom is 0.252 e. The van der Waals surface area contributed by atoms with Crippen molar-refractivity contribution in [2.75, 3.05) is 12.3 Å². The van der Waals surface area contributed by atoms with Crippen LogP contribution in [0.4, 0.5) is 10.1 Å². The molecule has 1 amide bonds. The molecule has 3 nitrogen and oxygen atoms in total. The number of rotatable bonds is 3. The lowest BCUT2D eigenvalue weighted by Crippen LogP contribution is -2.38. The van der Waals surface area contributed by atoms with Crippen molar-refractivity contribution in [1.82, 2.24) is 4.90 Å². The third-order valence-electron chi connectivity index (χ3n) is 4.12. The van der Waals surface area contributed by atoms with Crippen LogP contribution in [0.2, 0.25) is 0 Å². The number of benzene rings is 2. The summed E-state index contributed by atoms with van der Waals surface area (Å²) in [6, 6.07) is 12.2. The Labute approximate surface area is 157 Å². The van der Waals surface area contributed by atoms with E-state index in [4.69, 9.17) is 4.99 Å². The molecule has 134 valence electrons. The van der Waals surface area contributed by atoms with Crippen LogP contribution >= 0.6 is 11.8 Å². The average Bonchev–Trinajstić information content (AvgIpc) is 2.64. The Hall–Kier alpha value is -2.40. The Morgan fingerprint density at radius 1 is 1.19 bits per heavy atom. The van der Waals surface area contributed by atoms with E-state index < -0.39 is 0 Å². The zero-order valence-corrected chi connectivity index (χ0v) is 15.7. The quantitative estimate of drug-likeness (QED) is 0.705. The highest BCUT2D eigenvalue weighted by atomic mass is 32.2. The highest BCUT2D eigenvalue weighted by molar-refractivity contribution is 8.13. The van der Waals surface area contributed by atoms with Crippen molar-refractivity contribution in [2.45, 2.75) is 20.3 Å². The molecule has 0 aliphatic carbocycles. The molecule has 0 radical (unpaired) electrons. The fourth-order valence-corrected chi connectivity index (χ4v) is 3.59. The molecule has 0 unspecified atom stereocenters. The van der Waals surface area contributed by atoms with Gasteiger partial charge in [-0.3, -0.25) is 9.69 Å². The third-order valence-corrected chi connectivity index (χ3v) is 5.19. The van der Waals surface area contributed by atoms with E-state index in [1.807, 2.05) is 26.0 Å². The van der Waals surface area contributed by atoms with Crippen LogP contribution < -0.4 is 0 Å². The van der Waals surface area contributed by atoms with Gasteiger partial charge in [-0.1, -0.05) is 36.0 Å². The SMILES string of the molecule is Cc1ccc(C)c(N=C2SCCCN2C(=O)/C=C/c2ccc(F)cc2)c1. The predicted octanol–water partition coefficient (Wildman–Crippen LogP) is 5.11. The number of halogens is 1. The third kappa shape index (κ3) is 4.61. The number of carbonyl (C=O) groups is 1. The number of carbonyl (C=O) groups excluding carboxylic acids is 1. The number of amidine groups is 1. The van der Waals surface area contributed by atoms with Crippen molar-refractivity contribution in [1.29, 1.82) is 0 Å². The van der Waals surface area contributed by atoms with Gasteiger partial charge in [0.25, 0.3) is 5.91 Å². The first-order valence-corrected chi connectivity index (χ1v) is 9.55. The molecule has 1 fully saturated rings. The van der Waals surface area contributed by atoms with E-state index >= 15 is 0 Å². The Kier molecular flexibility index (Phi) is 5.89. The van der Waals surface area contributed by atoms with E-state index in [9.17, 15) is 9.18 Å². The van der Waals surface area contributed by atoms with E-state index in [0.29, 0.717) is 6.54 Å². The maximum atomic E-state index is 13.0. The smallest absolute Gasteiger partial charge is 0.252 e. The molecule has 2 aromatic carbocycles. The number of hydrogen-bond donors (Lipinski definition) is 0. The zero-order valence-electron chi connectivity index (χ0n) is 14.9. The minimum absolute atomic E-state index is 0.106. The monoisotopic (exact) mass is 368 g/mol. The van der Waals surface area contributed by atoms with Gasteiger partial charge in [-0.25, -0.2) is 9.38 Å². The molecule has 5 heteroatoms. The molecule has 2 aromatic rings. The number of hydrogen-bond acceptors (Lipinski definition) is 3. The van der Waals surface area contributed by atoms with Crippen molar-refractivity contribution in [2.24, 2.45) is 4.99 Å². The first kappa shape index (κ1) is 18.4. The van der Waals surface area contributed by atoms with Crippen molar-refractivity contribution in [3.05, 3.63) is 71.0 Å². The molecule has 1 saturated heterocycles. The minimum Gasteiger partial charge on any atom is -0.288 e. The average molecular weight is 368 g/mol.